The van der Waals surface area contributed by atoms with Gasteiger partial charge < -0.3 is 5.32 Å². The molecule has 0 unspecified atom stereocenters. The van der Waals surface area contributed by atoms with Crippen LogP contribution < -0.4 is 5.32 Å². The highest BCUT2D eigenvalue weighted by atomic mass is 35.5. The van der Waals surface area contributed by atoms with Crippen molar-refractivity contribution in [2.24, 2.45) is 0 Å². The fourth-order valence-corrected chi connectivity index (χ4v) is 2.57. The molecule has 1 aliphatic rings. The van der Waals surface area contributed by atoms with Crippen molar-refractivity contribution < 1.29 is 0 Å². The third kappa shape index (κ3) is 2.77. The lowest BCUT2D eigenvalue weighted by molar-refractivity contribution is 0.591. The van der Waals surface area contributed by atoms with Gasteiger partial charge in [0, 0.05) is 17.3 Å². The first kappa shape index (κ1) is 12.8. The molecule has 0 heterocycles. The zero-order chi connectivity index (χ0) is 12.6. The van der Waals surface area contributed by atoms with E-state index in [9.17, 15) is 0 Å². The maximum absolute atomic E-state index is 6.38. The summed E-state index contributed by atoms with van der Waals surface area (Å²) in [5.74, 6) is 0.708. The first-order valence-corrected chi connectivity index (χ1v) is 6.89. The molecule has 1 nitrogen and oxygen atoms in total. The number of hydrogen-bond donors (Lipinski definition) is 1. The molecule has 0 radical (unpaired) electrons. The zero-order valence-electron chi connectivity index (χ0n) is 11.2. The lowest BCUT2D eigenvalue weighted by Crippen LogP contribution is -2.15. The minimum absolute atomic E-state index is 0.158. The van der Waals surface area contributed by atoms with Gasteiger partial charge in [-0.25, -0.2) is 0 Å². The van der Waals surface area contributed by atoms with E-state index in [2.05, 4.69) is 45.1 Å². The predicted octanol–water partition coefficient (Wildman–Crippen LogP) is 4.95. The number of benzene rings is 1. The summed E-state index contributed by atoms with van der Waals surface area (Å²) >= 11 is 6.38. The third-order valence-electron chi connectivity index (χ3n) is 3.33. The molecule has 2 heteroatoms. The smallest absolute Gasteiger partial charge is 0.0461 e. The molecule has 0 saturated heterocycles. The molecule has 0 amide bonds. The van der Waals surface area contributed by atoms with Crippen LogP contribution in [0.3, 0.4) is 0 Å². The van der Waals surface area contributed by atoms with Crippen LogP contribution >= 0.6 is 11.6 Å². The number of halogens is 1. The van der Waals surface area contributed by atoms with E-state index in [0.29, 0.717) is 5.92 Å². The summed E-state index contributed by atoms with van der Waals surface area (Å²) < 4.78 is 0. The van der Waals surface area contributed by atoms with Crippen LogP contribution in [0.4, 0.5) is 5.69 Å². The normalized spacial score (nSPS) is 16.1. The summed E-state index contributed by atoms with van der Waals surface area (Å²) in [6.07, 6.45) is 2.59. The summed E-state index contributed by atoms with van der Waals surface area (Å²) in [6, 6.07) is 4.43. The van der Waals surface area contributed by atoms with Crippen molar-refractivity contribution in [2.75, 3.05) is 11.9 Å². The molecule has 0 aliphatic heterocycles. The molecule has 0 spiro atoms. The van der Waals surface area contributed by atoms with Gasteiger partial charge in [-0.3, -0.25) is 0 Å². The topological polar surface area (TPSA) is 12.0 Å². The molecule has 2 rings (SSSR count). The van der Waals surface area contributed by atoms with Gasteiger partial charge in [0.15, 0.2) is 0 Å². The largest absolute Gasteiger partial charge is 0.385 e. The van der Waals surface area contributed by atoms with Gasteiger partial charge in [-0.2, -0.15) is 0 Å². The summed E-state index contributed by atoms with van der Waals surface area (Å²) in [7, 11) is 0. The Morgan fingerprint density at radius 1 is 1.29 bits per heavy atom. The highest BCUT2D eigenvalue weighted by Gasteiger charge is 2.28. The molecule has 1 N–H and O–H groups in total. The summed E-state index contributed by atoms with van der Waals surface area (Å²) in [5.41, 5.74) is 4.07. The Morgan fingerprint density at radius 3 is 2.41 bits per heavy atom. The predicted molar refractivity (Wildman–Crippen MR) is 76.3 cm³/mol. The molecule has 94 valence electrons. The Morgan fingerprint density at radius 2 is 1.94 bits per heavy atom. The van der Waals surface area contributed by atoms with Crippen LogP contribution in [0.25, 0.3) is 0 Å². The van der Waals surface area contributed by atoms with E-state index in [0.717, 1.165) is 11.6 Å². The fraction of sp³-hybridized carbons (Fsp3) is 0.600. The average molecular weight is 252 g/mol. The third-order valence-corrected chi connectivity index (χ3v) is 3.66. The van der Waals surface area contributed by atoms with Crippen molar-refractivity contribution in [3.8, 4) is 0 Å². The first-order chi connectivity index (χ1) is 7.93. The molecule has 0 aromatic heterocycles. The van der Waals surface area contributed by atoms with Gasteiger partial charge in [-0.15, -0.1) is 0 Å². The van der Waals surface area contributed by atoms with Gasteiger partial charge in [0.25, 0.3) is 0 Å². The molecule has 0 atom stereocenters. The van der Waals surface area contributed by atoms with Crippen molar-refractivity contribution in [3.63, 3.8) is 0 Å². The van der Waals surface area contributed by atoms with E-state index in [1.165, 1.54) is 29.7 Å². The molecule has 1 fully saturated rings. The fourth-order valence-electron chi connectivity index (χ4n) is 2.25. The zero-order valence-corrected chi connectivity index (χ0v) is 12.0. The first-order valence-electron chi connectivity index (χ1n) is 6.51. The molecule has 1 saturated carbocycles. The molecule has 1 aliphatic carbocycles. The number of nitrogens with one attached hydrogen (secondary N) is 1. The van der Waals surface area contributed by atoms with Crippen LogP contribution in [0.2, 0.25) is 5.02 Å². The molecule has 0 bridgehead atoms. The second kappa shape index (κ2) is 4.53. The standard InChI is InChI=1S/C15H22ClN/c1-5-17-14-9-13(16)11(10-6-7-10)8-12(14)15(2,3)4/h8-10,17H,5-7H2,1-4H3. The average Bonchev–Trinajstić information content (AvgIpc) is 3.00. The van der Waals surface area contributed by atoms with E-state index < -0.39 is 0 Å². The minimum atomic E-state index is 0.158. The van der Waals surface area contributed by atoms with Gasteiger partial charge in [-0.05, 0) is 48.3 Å². The van der Waals surface area contributed by atoms with Crippen molar-refractivity contribution in [2.45, 2.75) is 51.9 Å². The van der Waals surface area contributed by atoms with Gasteiger partial charge in [0.1, 0.15) is 0 Å². The SMILES string of the molecule is CCNc1cc(Cl)c(C2CC2)cc1C(C)(C)C. The minimum Gasteiger partial charge on any atom is -0.385 e. The van der Waals surface area contributed by atoms with Crippen LogP contribution in [-0.2, 0) is 5.41 Å². The monoisotopic (exact) mass is 251 g/mol. The van der Waals surface area contributed by atoms with E-state index in [4.69, 9.17) is 11.6 Å². The maximum Gasteiger partial charge on any atom is 0.0461 e. The Hall–Kier alpha value is -0.690. The summed E-state index contributed by atoms with van der Waals surface area (Å²) in [6.45, 7) is 9.83. The molecular formula is C15H22ClN. The van der Waals surface area contributed by atoms with Gasteiger partial charge in [0.2, 0.25) is 0 Å². The highest BCUT2D eigenvalue weighted by molar-refractivity contribution is 6.31. The Labute approximate surface area is 110 Å². The van der Waals surface area contributed by atoms with E-state index in [1.54, 1.807) is 0 Å². The van der Waals surface area contributed by atoms with Crippen LogP contribution in [0.1, 0.15) is 57.6 Å². The van der Waals surface area contributed by atoms with Crippen LogP contribution in [0.15, 0.2) is 12.1 Å². The van der Waals surface area contributed by atoms with Gasteiger partial charge in [-0.1, -0.05) is 38.4 Å². The Kier molecular flexibility index (Phi) is 3.40. The Bertz CT molecular complexity index is 414. The molecule has 17 heavy (non-hydrogen) atoms. The van der Waals surface area contributed by atoms with E-state index >= 15 is 0 Å². The van der Waals surface area contributed by atoms with Crippen molar-refractivity contribution in [1.82, 2.24) is 0 Å². The van der Waals surface area contributed by atoms with Crippen molar-refractivity contribution in [3.05, 3.63) is 28.3 Å². The number of anilines is 1. The van der Waals surface area contributed by atoms with Crippen molar-refractivity contribution in [1.29, 1.82) is 0 Å². The van der Waals surface area contributed by atoms with Crippen LogP contribution in [0, 0.1) is 0 Å². The highest BCUT2D eigenvalue weighted by Crippen LogP contribution is 2.46. The second-order valence-corrected chi connectivity index (χ2v) is 6.38. The molecule has 1 aromatic carbocycles. The summed E-state index contributed by atoms with van der Waals surface area (Å²) in [5, 5.41) is 4.35. The van der Waals surface area contributed by atoms with Crippen LogP contribution in [-0.4, -0.2) is 6.54 Å². The lowest BCUT2D eigenvalue weighted by Gasteiger charge is -2.25. The van der Waals surface area contributed by atoms with Gasteiger partial charge in [0.05, 0.1) is 0 Å². The van der Waals surface area contributed by atoms with Crippen LogP contribution in [0.5, 0.6) is 0 Å². The second-order valence-electron chi connectivity index (χ2n) is 5.97. The quantitative estimate of drug-likeness (QED) is 0.802. The molecular weight excluding hydrogens is 230 g/mol. The number of rotatable bonds is 3. The summed E-state index contributed by atoms with van der Waals surface area (Å²) in [4.78, 5) is 0. The lowest BCUT2D eigenvalue weighted by atomic mass is 9.84. The Balaban J connectivity index is 2.48. The molecule has 1 aromatic rings. The van der Waals surface area contributed by atoms with Crippen molar-refractivity contribution >= 4 is 17.3 Å². The number of hydrogen-bond acceptors (Lipinski definition) is 1. The van der Waals surface area contributed by atoms with Gasteiger partial charge >= 0.3 is 0 Å². The maximum atomic E-state index is 6.38. The van der Waals surface area contributed by atoms with E-state index in [-0.39, 0.29) is 5.41 Å². The van der Waals surface area contributed by atoms with E-state index in [1.807, 2.05) is 0 Å².